The summed E-state index contributed by atoms with van der Waals surface area (Å²) >= 11 is 0. The molecule has 0 aliphatic carbocycles. The van der Waals surface area contributed by atoms with Crippen molar-refractivity contribution in [2.24, 2.45) is 32.9 Å². The van der Waals surface area contributed by atoms with Gasteiger partial charge in [-0.2, -0.15) is 0 Å². The van der Waals surface area contributed by atoms with Crippen LogP contribution in [0, 0.1) is 0 Å². The molecule has 1 aromatic rings. The molecule has 0 radical (unpaired) electrons. The zero-order valence-corrected chi connectivity index (χ0v) is 39.7. The summed E-state index contributed by atoms with van der Waals surface area (Å²) < 4.78 is 0. The molecule has 9 amide bonds. The molecular weight excluding hydrogens is 957 g/mol. The van der Waals surface area contributed by atoms with E-state index in [2.05, 4.69) is 73.1 Å². The fourth-order valence-corrected chi connectivity index (χ4v) is 6.58. The van der Waals surface area contributed by atoms with E-state index in [0.29, 0.717) is 18.7 Å². The summed E-state index contributed by atoms with van der Waals surface area (Å²) in [6.07, 6.45) is 2.83. The number of nitrogens with zero attached hydrogens (tertiary/aromatic N) is 3. The fourth-order valence-electron chi connectivity index (χ4n) is 6.58. The van der Waals surface area contributed by atoms with E-state index in [9.17, 15) is 63.0 Å². The number of aliphatic hydroxyl groups excluding tert-OH is 1. The zero-order chi connectivity index (χ0) is 53.9. The molecule has 1 aliphatic heterocycles. The minimum atomic E-state index is -1.76. The van der Waals surface area contributed by atoms with Crippen LogP contribution in [0.25, 0.3) is 0 Å². The number of H-pyrrole nitrogens is 1. The predicted molar refractivity (Wildman–Crippen MR) is 251 cm³/mol. The van der Waals surface area contributed by atoms with Crippen LogP contribution in [0.15, 0.2) is 22.5 Å². The third-order valence-corrected chi connectivity index (χ3v) is 10.3. The number of aliphatic hydroxyl groups is 1. The molecule has 0 unspecified atom stereocenters. The Hall–Kier alpha value is -8.16. The van der Waals surface area contributed by atoms with E-state index in [-0.39, 0.29) is 57.1 Å². The van der Waals surface area contributed by atoms with Gasteiger partial charge in [0.25, 0.3) is 0 Å². The summed E-state index contributed by atoms with van der Waals surface area (Å²) in [5.41, 5.74) is 22.0. The van der Waals surface area contributed by atoms with Crippen LogP contribution in [0.3, 0.4) is 0 Å². The molecule has 0 aromatic carbocycles. The number of guanidine groups is 2. The highest BCUT2D eigenvalue weighted by Gasteiger charge is 2.34. The molecule has 400 valence electrons. The Kier molecular flexibility index (Phi) is 25.9. The molecule has 1 fully saturated rings. The van der Waals surface area contributed by atoms with Gasteiger partial charge < -0.3 is 96.4 Å². The quantitative estimate of drug-likeness (QED) is 0.0181. The summed E-state index contributed by atoms with van der Waals surface area (Å²) in [5.74, 6) is -11.7. The van der Waals surface area contributed by atoms with Gasteiger partial charge in [0.05, 0.1) is 31.9 Å². The topological polar surface area (TPSA) is 526 Å². The minimum Gasteiger partial charge on any atom is -0.481 e. The molecule has 1 aliphatic rings. The number of nitrogens with one attached hydrogen (secondary N) is 11. The number of amides is 9. The molecule has 8 atom stereocenters. The SMILES string of the molecule is C[C@H](NC(=O)[C@H](CO)NC(=O)[C@H](CCCN=C(N)N)NC(=O)CNC(=O)[C@H](CCCN=C(N)N)NC(=O)[C@H](C)NC(=O)[C@H](CC(=O)O)NC(=O)[C@H](Cc1cnc[nH]1)NC(=O)[C@@H]1CCCN1)C(=O)NCC(=O)O. The number of imidazole rings is 1. The highest BCUT2D eigenvalue weighted by molar-refractivity contribution is 5.98. The largest absolute Gasteiger partial charge is 0.481 e. The van der Waals surface area contributed by atoms with E-state index < -0.39 is 140 Å². The Balaban J connectivity index is 2.18. The second-order valence-electron chi connectivity index (χ2n) is 16.3. The molecule has 22 N–H and O–H groups in total. The molecule has 32 nitrogen and oxygen atoms in total. The number of rotatable bonds is 32. The zero-order valence-electron chi connectivity index (χ0n) is 39.7. The molecular formula is C40H66N18O14. The average Bonchev–Trinajstić information content (AvgIpc) is 4.06. The van der Waals surface area contributed by atoms with Crippen LogP contribution in [0.1, 0.15) is 64.5 Å². The van der Waals surface area contributed by atoms with E-state index in [1.54, 1.807) is 0 Å². The van der Waals surface area contributed by atoms with Gasteiger partial charge in [-0.3, -0.25) is 62.7 Å². The van der Waals surface area contributed by atoms with Crippen molar-refractivity contribution in [3.8, 4) is 0 Å². The van der Waals surface area contributed by atoms with Gasteiger partial charge in [-0.25, -0.2) is 4.98 Å². The number of aromatic nitrogens is 2. The maximum Gasteiger partial charge on any atom is 0.322 e. The number of carboxylic acid groups (broad SMARTS) is 2. The molecule has 72 heavy (non-hydrogen) atoms. The number of carboxylic acids is 2. The molecule has 1 aromatic heterocycles. The van der Waals surface area contributed by atoms with E-state index in [1.807, 2.05) is 0 Å². The Bertz CT molecular complexity index is 2110. The van der Waals surface area contributed by atoms with Crippen molar-refractivity contribution in [3.63, 3.8) is 0 Å². The van der Waals surface area contributed by atoms with E-state index in [1.165, 1.54) is 26.4 Å². The first-order chi connectivity index (χ1) is 34.0. The molecule has 0 saturated carbocycles. The molecule has 0 bridgehead atoms. The number of hydrogen-bond donors (Lipinski definition) is 18. The van der Waals surface area contributed by atoms with E-state index >= 15 is 0 Å². The van der Waals surface area contributed by atoms with Crippen LogP contribution < -0.4 is 76.1 Å². The van der Waals surface area contributed by atoms with Crippen molar-refractivity contribution in [1.82, 2.24) is 63.1 Å². The number of nitrogens with two attached hydrogens (primary N) is 4. The van der Waals surface area contributed by atoms with Crippen molar-refractivity contribution < 1.29 is 68.1 Å². The van der Waals surface area contributed by atoms with Crippen LogP contribution in [0.5, 0.6) is 0 Å². The third kappa shape index (κ3) is 23.0. The lowest BCUT2D eigenvalue weighted by Crippen LogP contribution is -2.59. The Labute approximate surface area is 411 Å². The first-order valence-corrected chi connectivity index (χ1v) is 22.5. The normalized spacial score (nSPS) is 15.7. The first kappa shape index (κ1) is 60.0. The van der Waals surface area contributed by atoms with E-state index in [4.69, 9.17) is 28.0 Å². The molecule has 0 spiro atoms. The molecule has 32 heteroatoms. The average molecular weight is 1020 g/mol. The number of aliphatic imine (C=N–C) groups is 2. The van der Waals surface area contributed by atoms with Crippen molar-refractivity contribution in [3.05, 3.63) is 18.2 Å². The second-order valence-corrected chi connectivity index (χ2v) is 16.3. The summed E-state index contributed by atoms with van der Waals surface area (Å²) in [7, 11) is 0. The number of aromatic amines is 1. The maximum absolute atomic E-state index is 13.6. The third-order valence-electron chi connectivity index (χ3n) is 10.3. The maximum atomic E-state index is 13.6. The fraction of sp³-hybridized carbons (Fsp3) is 0.600. The minimum absolute atomic E-state index is 0.00814. The lowest BCUT2D eigenvalue weighted by molar-refractivity contribution is -0.141. The lowest BCUT2D eigenvalue weighted by Gasteiger charge is -2.25. The van der Waals surface area contributed by atoms with Gasteiger partial charge in [0.1, 0.15) is 48.8 Å². The summed E-state index contributed by atoms with van der Waals surface area (Å²) in [6.45, 7) is 0.471. The van der Waals surface area contributed by atoms with Crippen molar-refractivity contribution >= 4 is 77.0 Å². The summed E-state index contributed by atoms with van der Waals surface area (Å²) in [5, 5.41) is 52.2. The van der Waals surface area contributed by atoms with Crippen molar-refractivity contribution in [2.45, 2.75) is 114 Å². The van der Waals surface area contributed by atoms with Crippen molar-refractivity contribution in [2.75, 3.05) is 39.3 Å². The van der Waals surface area contributed by atoms with Gasteiger partial charge in [-0.05, 0) is 58.9 Å². The number of carbonyl (C=O) groups is 11. The van der Waals surface area contributed by atoms with Crippen molar-refractivity contribution in [1.29, 1.82) is 0 Å². The van der Waals surface area contributed by atoms with Crippen LogP contribution >= 0.6 is 0 Å². The molecule has 2 heterocycles. The highest BCUT2D eigenvalue weighted by Crippen LogP contribution is 2.08. The highest BCUT2D eigenvalue weighted by atomic mass is 16.4. The van der Waals surface area contributed by atoms with Crippen LogP contribution in [-0.4, -0.2) is 190 Å². The van der Waals surface area contributed by atoms with Crippen LogP contribution in [0.4, 0.5) is 0 Å². The van der Waals surface area contributed by atoms with Crippen LogP contribution in [0.2, 0.25) is 0 Å². The summed E-state index contributed by atoms with van der Waals surface area (Å²) in [6, 6.07) is -10.9. The van der Waals surface area contributed by atoms with Gasteiger partial charge in [-0.15, -0.1) is 0 Å². The van der Waals surface area contributed by atoms with Gasteiger partial charge in [0.2, 0.25) is 53.2 Å². The second kappa shape index (κ2) is 31.1. The molecule has 2 rings (SSSR count). The summed E-state index contributed by atoms with van der Waals surface area (Å²) in [4.78, 5) is 156. The Morgan fingerprint density at radius 2 is 1.18 bits per heavy atom. The van der Waals surface area contributed by atoms with E-state index in [0.717, 1.165) is 6.42 Å². The predicted octanol–water partition coefficient (Wildman–Crippen LogP) is -8.97. The number of carbonyl (C=O) groups excluding carboxylic acids is 9. The smallest absolute Gasteiger partial charge is 0.322 e. The van der Waals surface area contributed by atoms with Gasteiger partial charge in [0.15, 0.2) is 11.9 Å². The lowest BCUT2D eigenvalue weighted by atomic mass is 10.1. The monoisotopic (exact) mass is 1020 g/mol. The Morgan fingerprint density at radius 3 is 1.71 bits per heavy atom. The number of aliphatic carboxylic acids is 2. The van der Waals surface area contributed by atoms with Crippen LogP contribution in [-0.2, 0) is 59.2 Å². The van der Waals surface area contributed by atoms with Gasteiger partial charge in [-0.1, -0.05) is 0 Å². The first-order valence-electron chi connectivity index (χ1n) is 22.5. The Morgan fingerprint density at radius 1 is 0.653 bits per heavy atom. The number of hydrogen-bond acceptors (Lipinski definition) is 16. The molecule has 1 saturated heterocycles. The standard InChI is InChI=1S/C40H66N18O14/c1-19(31(65)50-16-30(63)64)52-38(72)27(17-59)58-35(69)24(8-5-11-48-40(43)44)54-28(60)15-49-33(67)23(7-4-10-47-39(41)42)55-32(66)20(2)53-36(70)26(13-29(61)62)57-37(71)25(12-21-14-45-18-51-21)56-34(68)22-6-3-9-46-22/h14,18-20,22-27,46,59H,3-13,15-17H2,1-2H3,(H,45,51)(H,49,67)(H,50,65)(H,52,72)(H,53,70)(H,54,60)(H,55,66)(H,56,68)(H,57,71)(H,58,69)(H,61,62)(H,63,64)(H4,41,42,47)(H4,43,44,48)/t19-,20-,22-,23-,24-,25-,26-,27-/m0/s1. The van der Waals surface area contributed by atoms with Gasteiger partial charge in [0, 0.05) is 31.4 Å². The van der Waals surface area contributed by atoms with Gasteiger partial charge >= 0.3 is 11.9 Å².